The van der Waals surface area contributed by atoms with Crippen molar-refractivity contribution >= 4 is 5.97 Å². The minimum atomic E-state index is -0.838. The lowest BCUT2D eigenvalue weighted by Crippen LogP contribution is -2.47. The molecule has 0 amide bonds. The SMILES string of the molecule is CN(Cc1ccc(C2CC2)cc1)C(C)(C)C(=O)O. The number of nitrogens with zero attached hydrogens (tertiary/aromatic N) is 1. The molecule has 0 radical (unpaired) electrons. The zero-order valence-electron chi connectivity index (χ0n) is 11.3. The highest BCUT2D eigenvalue weighted by atomic mass is 16.4. The van der Waals surface area contributed by atoms with E-state index >= 15 is 0 Å². The molecule has 3 nitrogen and oxygen atoms in total. The maximum atomic E-state index is 11.2. The van der Waals surface area contributed by atoms with E-state index in [-0.39, 0.29) is 0 Å². The van der Waals surface area contributed by atoms with E-state index in [9.17, 15) is 9.90 Å². The second-order valence-corrected chi connectivity index (χ2v) is 5.74. The monoisotopic (exact) mass is 247 g/mol. The van der Waals surface area contributed by atoms with Crippen LogP contribution in [0.4, 0.5) is 0 Å². The molecule has 0 aliphatic heterocycles. The van der Waals surface area contributed by atoms with Crippen molar-refractivity contribution in [3.63, 3.8) is 0 Å². The molecule has 1 N–H and O–H groups in total. The molecule has 1 aliphatic carbocycles. The molecule has 0 unspecified atom stereocenters. The van der Waals surface area contributed by atoms with Gasteiger partial charge in [0.15, 0.2) is 0 Å². The largest absolute Gasteiger partial charge is 0.480 e. The Labute approximate surface area is 108 Å². The van der Waals surface area contributed by atoms with Gasteiger partial charge in [0.1, 0.15) is 5.54 Å². The number of carboxylic acids is 1. The Bertz CT molecular complexity index is 432. The molecule has 1 fully saturated rings. The average Bonchev–Trinajstić information content (AvgIpc) is 3.13. The van der Waals surface area contributed by atoms with Crippen LogP contribution in [0, 0.1) is 0 Å². The number of hydrogen-bond donors (Lipinski definition) is 1. The minimum Gasteiger partial charge on any atom is -0.480 e. The Morgan fingerprint density at radius 1 is 1.33 bits per heavy atom. The topological polar surface area (TPSA) is 40.5 Å². The molecule has 3 heteroatoms. The Morgan fingerprint density at radius 3 is 2.33 bits per heavy atom. The second kappa shape index (κ2) is 4.73. The van der Waals surface area contributed by atoms with Crippen LogP contribution in [0.25, 0.3) is 0 Å². The molecule has 1 aromatic carbocycles. The normalized spacial score (nSPS) is 16.0. The number of likely N-dealkylation sites (N-methyl/N-ethyl adjacent to an activating group) is 1. The molecule has 0 heterocycles. The van der Waals surface area contributed by atoms with Crippen LogP contribution in [0.2, 0.25) is 0 Å². The highest BCUT2D eigenvalue weighted by molar-refractivity contribution is 5.77. The molecule has 1 aromatic rings. The third-order valence-corrected chi connectivity index (χ3v) is 3.93. The summed E-state index contributed by atoms with van der Waals surface area (Å²) in [5.41, 5.74) is 1.74. The number of aliphatic carboxylic acids is 1. The summed E-state index contributed by atoms with van der Waals surface area (Å²) >= 11 is 0. The Morgan fingerprint density at radius 2 is 1.89 bits per heavy atom. The molecule has 98 valence electrons. The van der Waals surface area contributed by atoms with Crippen molar-refractivity contribution in [2.75, 3.05) is 7.05 Å². The molecule has 0 bridgehead atoms. The van der Waals surface area contributed by atoms with Crippen LogP contribution in [0.5, 0.6) is 0 Å². The third-order valence-electron chi connectivity index (χ3n) is 3.93. The Balaban J connectivity index is 2.02. The van der Waals surface area contributed by atoms with Crippen LogP contribution in [0.15, 0.2) is 24.3 Å². The van der Waals surface area contributed by atoms with E-state index in [0.29, 0.717) is 6.54 Å². The van der Waals surface area contributed by atoms with Crippen LogP contribution in [-0.2, 0) is 11.3 Å². The summed E-state index contributed by atoms with van der Waals surface area (Å²) < 4.78 is 0. The molecule has 0 atom stereocenters. The molecule has 18 heavy (non-hydrogen) atoms. The van der Waals surface area contributed by atoms with Crippen LogP contribution in [0.3, 0.4) is 0 Å². The van der Waals surface area contributed by atoms with Crippen LogP contribution >= 0.6 is 0 Å². The average molecular weight is 247 g/mol. The second-order valence-electron chi connectivity index (χ2n) is 5.74. The van der Waals surface area contributed by atoms with E-state index < -0.39 is 11.5 Å². The Hall–Kier alpha value is -1.35. The van der Waals surface area contributed by atoms with Gasteiger partial charge in [0.2, 0.25) is 0 Å². The lowest BCUT2D eigenvalue weighted by atomic mass is 10.0. The van der Waals surface area contributed by atoms with Gasteiger partial charge in [0.05, 0.1) is 0 Å². The molecule has 2 rings (SSSR count). The highest BCUT2D eigenvalue weighted by Gasteiger charge is 2.31. The molecule has 0 aromatic heterocycles. The number of hydrogen-bond acceptors (Lipinski definition) is 2. The number of carboxylic acid groups (broad SMARTS) is 1. The van der Waals surface area contributed by atoms with Crippen molar-refractivity contribution in [3.8, 4) is 0 Å². The fraction of sp³-hybridized carbons (Fsp3) is 0.533. The van der Waals surface area contributed by atoms with E-state index in [1.54, 1.807) is 13.8 Å². The van der Waals surface area contributed by atoms with Crippen molar-refractivity contribution in [2.24, 2.45) is 0 Å². The first-order valence-corrected chi connectivity index (χ1v) is 6.44. The van der Waals surface area contributed by atoms with Gasteiger partial charge in [0.25, 0.3) is 0 Å². The van der Waals surface area contributed by atoms with Crippen molar-refractivity contribution < 1.29 is 9.90 Å². The maximum absolute atomic E-state index is 11.2. The van der Waals surface area contributed by atoms with Crippen molar-refractivity contribution in [2.45, 2.75) is 44.7 Å². The minimum absolute atomic E-state index is 0.657. The summed E-state index contributed by atoms with van der Waals surface area (Å²) in [7, 11) is 1.85. The predicted molar refractivity (Wildman–Crippen MR) is 71.6 cm³/mol. The zero-order valence-corrected chi connectivity index (χ0v) is 11.3. The summed E-state index contributed by atoms with van der Waals surface area (Å²) in [5.74, 6) is -0.0214. The summed E-state index contributed by atoms with van der Waals surface area (Å²) in [6.07, 6.45) is 2.62. The summed E-state index contributed by atoms with van der Waals surface area (Å²) in [4.78, 5) is 13.0. The lowest BCUT2D eigenvalue weighted by Gasteiger charge is -2.31. The van der Waals surface area contributed by atoms with Gasteiger partial charge in [0, 0.05) is 6.54 Å². The number of benzene rings is 1. The van der Waals surface area contributed by atoms with E-state index in [2.05, 4.69) is 24.3 Å². The lowest BCUT2D eigenvalue weighted by molar-refractivity contribution is -0.148. The molecule has 1 saturated carbocycles. The smallest absolute Gasteiger partial charge is 0.323 e. The van der Waals surface area contributed by atoms with E-state index in [1.165, 1.54) is 18.4 Å². The van der Waals surface area contributed by atoms with Crippen molar-refractivity contribution in [3.05, 3.63) is 35.4 Å². The summed E-state index contributed by atoms with van der Waals surface area (Å²) in [5, 5.41) is 9.17. The molecule has 0 spiro atoms. The maximum Gasteiger partial charge on any atom is 0.323 e. The third kappa shape index (κ3) is 2.72. The molecular formula is C15H21NO2. The fourth-order valence-electron chi connectivity index (χ4n) is 1.95. The van der Waals surface area contributed by atoms with Gasteiger partial charge in [-0.1, -0.05) is 24.3 Å². The number of carbonyl (C=O) groups is 1. The van der Waals surface area contributed by atoms with Crippen molar-refractivity contribution in [1.82, 2.24) is 4.90 Å². The molecule has 1 aliphatic rings. The van der Waals surface area contributed by atoms with Gasteiger partial charge < -0.3 is 5.11 Å². The van der Waals surface area contributed by atoms with Gasteiger partial charge in [-0.15, -0.1) is 0 Å². The van der Waals surface area contributed by atoms with Crippen molar-refractivity contribution in [1.29, 1.82) is 0 Å². The first-order chi connectivity index (χ1) is 8.41. The molecular weight excluding hydrogens is 226 g/mol. The number of rotatable bonds is 5. The Kier molecular flexibility index (Phi) is 3.44. The van der Waals surface area contributed by atoms with Gasteiger partial charge in [-0.3, -0.25) is 9.69 Å². The van der Waals surface area contributed by atoms with E-state index in [4.69, 9.17) is 0 Å². The zero-order chi connectivity index (χ0) is 13.3. The van der Waals surface area contributed by atoms with Gasteiger partial charge >= 0.3 is 5.97 Å². The van der Waals surface area contributed by atoms with Gasteiger partial charge in [-0.05, 0) is 50.8 Å². The van der Waals surface area contributed by atoms with Crippen LogP contribution in [0.1, 0.15) is 43.7 Å². The quantitative estimate of drug-likeness (QED) is 0.869. The summed E-state index contributed by atoms with van der Waals surface area (Å²) in [6.45, 7) is 4.12. The first kappa shape index (κ1) is 13.1. The molecule has 0 saturated heterocycles. The van der Waals surface area contributed by atoms with Crippen LogP contribution in [-0.4, -0.2) is 28.6 Å². The predicted octanol–water partition coefficient (Wildman–Crippen LogP) is 2.86. The summed E-state index contributed by atoms with van der Waals surface area (Å²) in [6, 6.07) is 8.58. The van der Waals surface area contributed by atoms with E-state index in [0.717, 1.165) is 11.5 Å². The van der Waals surface area contributed by atoms with Gasteiger partial charge in [-0.25, -0.2) is 0 Å². The van der Waals surface area contributed by atoms with Crippen LogP contribution < -0.4 is 0 Å². The highest BCUT2D eigenvalue weighted by Crippen LogP contribution is 2.39. The fourth-order valence-corrected chi connectivity index (χ4v) is 1.95. The van der Waals surface area contributed by atoms with Gasteiger partial charge in [-0.2, -0.15) is 0 Å². The standard InChI is InChI=1S/C15H21NO2/c1-15(2,14(17)18)16(3)10-11-4-6-12(7-5-11)13-8-9-13/h4-7,13H,8-10H2,1-3H3,(H,17,18). The van der Waals surface area contributed by atoms with E-state index in [1.807, 2.05) is 11.9 Å². The first-order valence-electron chi connectivity index (χ1n) is 6.44.